The second-order valence-electron chi connectivity index (χ2n) is 4.49. The predicted octanol–water partition coefficient (Wildman–Crippen LogP) is 5.35. The summed E-state index contributed by atoms with van der Waals surface area (Å²) in [6.45, 7) is 0. The summed E-state index contributed by atoms with van der Waals surface area (Å²) in [5.41, 5.74) is 1.05. The van der Waals surface area contributed by atoms with E-state index in [9.17, 15) is 4.79 Å². The first-order valence-electron chi connectivity index (χ1n) is 6.35. The Morgan fingerprint density at radius 1 is 1.23 bits per heavy atom. The number of halogens is 2. The van der Waals surface area contributed by atoms with E-state index < -0.39 is 0 Å². The SMILES string of the molecule is O=C(Nc1ncc(Cc2ccc(Cl)c(Cl)c2)s1)c1cccs1. The first kappa shape index (κ1) is 15.5. The van der Waals surface area contributed by atoms with Crippen molar-refractivity contribution in [3.8, 4) is 0 Å². The molecule has 0 unspecified atom stereocenters. The molecule has 0 saturated heterocycles. The van der Waals surface area contributed by atoms with E-state index in [-0.39, 0.29) is 5.91 Å². The van der Waals surface area contributed by atoms with Crippen LogP contribution in [0.15, 0.2) is 41.9 Å². The number of amides is 1. The van der Waals surface area contributed by atoms with Crippen LogP contribution < -0.4 is 5.32 Å². The average molecular weight is 369 g/mol. The number of hydrogen-bond acceptors (Lipinski definition) is 4. The fourth-order valence-corrected chi connectivity index (χ4v) is 3.65. The van der Waals surface area contributed by atoms with Gasteiger partial charge in [0.1, 0.15) is 0 Å². The lowest BCUT2D eigenvalue weighted by molar-refractivity contribution is 0.103. The van der Waals surface area contributed by atoms with E-state index in [1.54, 1.807) is 18.3 Å². The van der Waals surface area contributed by atoms with Crippen LogP contribution in [0.4, 0.5) is 5.13 Å². The third-order valence-corrected chi connectivity index (χ3v) is 5.40. The van der Waals surface area contributed by atoms with Crippen molar-refractivity contribution in [2.45, 2.75) is 6.42 Å². The first-order chi connectivity index (χ1) is 10.6. The zero-order valence-electron chi connectivity index (χ0n) is 11.2. The lowest BCUT2D eigenvalue weighted by Gasteiger charge is -2.01. The van der Waals surface area contributed by atoms with Crippen molar-refractivity contribution in [1.29, 1.82) is 0 Å². The number of aromatic nitrogens is 1. The summed E-state index contributed by atoms with van der Waals surface area (Å²) in [6.07, 6.45) is 2.46. The maximum Gasteiger partial charge on any atom is 0.267 e. The Kier molecular flexibility index (Phi) is 4.78. The van der Waals surface area contributed by atoms with Crippen LogP contribution in [0.3, 0.4) is 0 Å². The number of nitrogens with one attached hydrogen (secondary N) is 1. The van der Waals surface area contributed by atoms with Gasteiger partial charge in [0.05, 0.1) is 14.9 Å². The van der Waals surface area contributed by atoms with Crippen LogP contribution >= 0.6 is 45.9 Å². The number of thiazole rings is 1. The van der Waals surface area contributed by atoms with Crippen LogP contribution in [-0.4, -0.2) is 10.9 Å². The molecule has 2 aromatic heterocycles. The number of carbonyl (C=O) groups excluding carboxylic acids is 1. The van der Waals surface area contributed by atoms with Gasteiger partial charge in [0.2, 0.25) is 0 Å². The minimum absolute atomic E-state index is 0.134. The molecule has 0 spiro atoms. The lowest BCUT2D eigenvalue weighted by Crippen LogP contribution is -2.09. The third-order valence-electron chi connectivity index (χ3n) is 2.88. The van der Waals surface area contributed by atoms with Gasteiger partial charge in [-0.1, -0.05) is 35.3 Å². The molecule has 0 radical (unpaired) electrons. The Balaban J connectivity index is 1.68. The molecule has 112 valence electrons. The van der Waals surface area contributed by atoms with Gasteiger partial charge >= 0.3 is 0 Å². The smallest absolute Gasteiger partial charge is 0.267 e. The summed E-state index contributed by atoms with van der Waals surface area (Å²) >= 11 is 14.8. The second kappa shape index (κ2) is 6.79. The molecular formula is C15H10Cl2N2OS2. The van der Waals surface area contributed by atoms with E-state index in [1.165, 1.54) is 22.7 Å². The summed E-state index contributed by atoms with van der Waals surface area (Å²) in [7, 11) is 0. The summed E-state index contributed by atoms with van der Waals surface area (Å²) in [5.74, 6) is -0.134. The molecule has 0 aliphatic rings. The van der Waals surface area contributed by atoms with Crippen LogP contribution in [-0.2, 0) is 6.42 Å². The summed E-state index contributed by atoms with van der Waals surface area (Å²) in [4.78, 5) is 17.9. The van der Waals surface area contributed by atoms with Gasteiger partial charge in [-0.05, 0) is 29.1 Å². The molecule has 2 heterocycles. The van der Waals surface area contributed by atoms with E-state index in [2.05, 4.69) is 10.3 Å². The van der Waals surface area contributed by atoms with Crippen LogP contribution in [0.5, 0.6) is 0 Å². The lowest BCUT2D eigenvalue weighted by atomic mass is 10.1. The van der Waals surface area contributed by atoms with Gasteiger partial charge in [-0.3, -0.25) is 10.1 Å². The van der Waals surface area contributed by atoms with Crippen molar-refractivity contribution in [2.75, 3.05) is 5.32 Å². The molecule has 1 amide bonds. The summed E-state index contributed by atoms with van der Waals surface area (Å²) in [6, 6.07) is 9.17. The van der Waals surface area contributed by atoms with Crippen molar-refractivity contribution in [3.05, 3.63) is 67.3 Å². The van der Waals surface area contributed by atoms with Gasteiger partial charge in [-0.25, -0.2) is 4.98 Å². The van der Waals surface area contributed by atoms with Gasteiger partial charge in [0.25, 0.3) is 5.91 Å². The van der Waals surface area contributed by atoms with E-state index in [0.29, 0.717) is 26.5 Å². The maximum atomic E-state index is 12.0. The first-order valence-corrected chi connectivity index (χ1v) is 8.80. The van der Waals surface area contributed by atoms with Crippen LogP contribution in [0, 0.1) is 0 Å². The zero-order valence-corrected chi connectivity index (χ0v) is 14.3. The molecule has 0 saturated carbocycles. The highest BCUT2D eigenvalue weighted by atomic mass is 35.5. The van der Waals surface area contributed by atoms with Crippen LogP contribution in [0.2, 0.25) is 10.0 Å². The van der Waals surface area contributed by atoms with Crippen molar-refractivity contribution < 1.29 is 4.79 Å². The number of hydrogen-bond donors (Lipinski definition) is 1. The highest BCUT2D eigenvalue weighted by molar-refractivity contribution is 7.16. The fraction of sp³-hybridized carbons (Fsp3) is 0.0667. The molecule has 0 fully saturated rings. The van der Waals surface area contributed by atoms with Gasteiger partial charge in [0, 0.05) is 17.5 Å². The largest absolute Gasteiger partial charge is 0.297 e. The van der Waals surface area contributed by atoms with E-state index >= 15 is 0 Å². The number of benzene rings is 1. The number of rotatable bonds is 4. The average Bonchev–Trinajstić information content (AvgIpc) is 3.15. The molecule has 0 bridgehead atoms. The summed E-state index contributed by atoms with van der Waals surface area (Å²) in [5, 5.41) is 6.34. The maximum absolute atomic E-state index is 12.0. The topological polar surface area (TPSA) is 42.0 Å². The molecule has 7 heteroatoms. The van der Waals surface area contributed by atoms with Crippen molar-refractivity contribution >= 4 is 56.9 Å². The minimum atomic E-state index is -0.134. The minimum Gasteiger partial charge on any atom is -0.297 e. The van der Waals surface area contributed by atoms with E-state index in [0.717, 1.165) is 10.4 Å². The highest BCUT2D eigenvalue weighted by Gasteiger charge is 2.10. The van der Waals surface area contributed by atoms with Gasteiger partial charge in [-0.2, -0.15) is 0 Å². The molecule has 22 heavy (non-hydrogen) atoms. The molecule has 3 nitrogen and oxygen atoms in total. The zero-order chi connectivity index (χ0) is 15.5. The Bertz CT molecular complexity index is 800. The molecule has 1 N–H and O–H groups in total. The Morgan fingerprint density at radius 3 is 2.82 bits per heavy atom. The molecule has 0 aliphatic heterocycles. The quantitative estimate of drug-likeness (QED) is 0.673. The number of nitrogens with zero attached hydrogens (tertiary/aromatic N) is 1. The second-order valence-corrected chi connectivity index (χ2v) is 7.37. The third kappa shape index (κ3) is 3.67. The molecule has 3 rings (SSSR count). The van der Waals surface area contributed by atoms with Crippen molar-refractivity contribution in [2.24, 2.45) is 0 Å². The Labute approximate surface area is 145 Å². The number of thiophene rings is 1. The molecule has 3 aromatic rings. The number of carbonyl (C=O) groups is 1. The monoisotopic (exact) mass is 368 g/mol. The Hall–Kier alpha value is -1.40. The standard InChI is InChI=1S/C15H10Cl2N2OS2/c16-11-4-3-9(7-12(11)17)6-10-8-18-15(22-10)19-14(20)13-2-1-5-21-13/h1-5,7-8H,6H2,(H,18,19,20). The summed E-state index contributed by atoms with van der Waals surface area (Å²) < 4.78 is 0. The van der Waals surface area contributed by atoms with E-state index in [4.69, 9.17) is 23.2 Å². The molecule has 0 atom stereocenters. The normalized spacial score (nSPS) is 10.6. The van der Waals surface area contributed by atoms with E-state index in [1.807, 2.05) is 23.6 Å². The molecule has 0 aliphatic carbocycles. The molecule has 1 aromatic carbocycles. The van der Waals surface area contributed by atoms with Gasteiger partial charge in [0.15, 0.2) is 5.13 Å². The van der Waals surface area contributed by atoms with Crippen LogP contribution in [0.25, 0.3) is 0 Å². The Morgan fingerprint density at radius 2 is 2.09 bits per heavy atom. The van der Waals surface area contributed by atoms with Crippen molar-refractivity contribution in [1.82, 2.24) is 4.98 Å². The fourth-order valence-electron chi connectivity index (χ4n) is 1.86. The van der Waals surface area contributed by atoms with Crippen LogP contribution in [0.1, 0.15) is 20.1 Å². The van der Waals surface area contributed by atoms with Gasteiger partial charge < -0.3 is 0 Å². The van der Waals surface area contributed by atoms with Gasteiger partial charge in [-0.15, -0.1) is 22.7 Å². The highest BCUT2D eigenvalue weighted by Crippen LogP contribution is 2.26. The molecular weight excluding hydrogens is 359 g/mol. The van der Waals surface area contributed by atoms with Crippen molar-refractivity contribution in [3.63, 3.8) is 0 Å². The number of anilines is 1. The predicted molar refractivity (Wildman–Crippen MR) is 93.7 cm³/mol.